The Morgan fingerprint density at radius 1 is 1.08 bits per heavy atom. The van der Waals surface area contributed by atoms with E-state index in [1.807, 2.05) is 30.3 Å². The van der Waals surface area contributed by atoms with Crippen molar-refractivity contribution in [2.75, 3.05) is 11.3 Å². The van der Waals surface area contributed by atoms with E-state index in [9.17, 15) is 8.42 Å². The van der Waals surface area contributed by atoms with Crippen molar-refractivity contribution in [3.63, 3.8) is 0 Å². The van der Waals surface area contributed by atoms with E-state index in [1.165, 1.54) is 11.1 Å². The molecule has 0 aromatic heterocycles. The number of hydrogen-bond acceptors (Lipinski definition) is 3. The Morgan fingerprint density at radius 2 is 1.88 bits per heavy atom. The molecule has 0 radical (unpaired) electrons. The van der Waals surface area contributed by atoms with Gasteiger partial charge in [0, 0.05) is 12.2 Å². The normalized spacial score (nSPS) is 14.2. The first-order chi connectivity index (χ1) is 11.6. The fourth-order valence-electron chi connectivity index (χ4n) is 2.96. The first-order valence-electron chi connectivity index (χ1n) is 8.53. The van der Waals surface area contributed by atoms with Crippen LogP contribution in [0.1, 0.15) is 36.5 Å². The molecule has 0 fully saturated rings. The Kier molecular flexibility index (Phi) is 5.21. The molecule has 0 unspecified atom stereocenters. The van der Waals surface area contributed by atoms with Crippen LogP contribution in [0.2, 0.25) is 0 Å². The number of rotatable bonds is 6. The average Bonchev–Trinajstić information content (AvgIpc) is 2.60. The zero-order chi connectivity index (χ0) is 17.0. The maximum atomic E-state index is 12.6. The fraction of sp³-hybridized carbons (Fsp3) is 0.368. The second kappa shape index (κ2) is 7.36. The molecule has 0 bridgehead atoms. The molecule has 0 spiro atoms. The van der Waals surface area contributed by atoms with E-state index >= 15 is 0 Å². The second-order valence-electron chi connectivity index (χ2n) is 6.26. The largest absolute Gasteiger partial charge is 0.312 e. The standard InChI is InChI=1S/C19H24N2O2S/c1-2-3-4-15-5-8-18(9-6-15)21-24(22,23)19-10-7-16-11-12-20-14-17(16)13-19/h5-10,13,20-21H,2-4,11-12,14H2,1H3. The summed E-state index contributed by atoms with van der Waals surface area (Å²) >= 11 is 0. The lowest BCUT2D eigenvalue weighted by atomic mass is 10.0. The van der Waals surface area contributed by atoms with Crippen molar-refractivity contribution < 1.29 is 8.42 Å². The van der Waals surface area contributed by atoms with Crippen LogP contribution in [0, 0.1) is 0 Å². The summed E-state index contributed by atoms with van der Waals surface area (Å²) < 4.78 is 27.9. The van der Waals surface area contributed by atoms with E-state index in [-0.39, 0.29) is 0 Å². The van der Waals surface area contributed by atoms with Gasteiger partial charge in [-0.1, -0.05) is 31.5 Å². The zero-order valence-corrected chi connectivity index (χ0v) is 14.8. The van der Waals surface area contributed by atoms with Crippen LogP contribution in [-0.4, -0.2) is 15.0 Å². The third-order valence-corrected chi connectivity index (χ3v) is 5.78. The van der Waals surface area contributed by atoms with Gasteiger partial charge < -0.3 is 5.32 Å². The molecule has 4 nitrogen and oxygen atoms in total. The number of fused-ring (bicyclic) bond motifs is 1. The summed E-state index contributed by atoms with van der Waals surface area (Å²) in [6, 6.07) is 13.1. The zero-order valence-electron chi connectivity index (χ0n) is 14.0. The van der Waals surface area contributed by atoms with Crippen LogP contribution >= 0.6 is 0 Å². The lowest BCUT2D eigenvalue weighted by molar-refractivity contribution is 0.599. The van der Waals surface area contributed by atoms with Crippen molar-refractivity contribution in [2.45, 2.75) is 44.0 Å². The first-order valence-corrected chi connectivity index (χ1v) is 10.0. The topological polar surface area (TPSA) is 58.2 Å². The molecule has 2 aromatic rings. The molecule has 3 rings (SSSR count). The first kappa shape index (κ1) is 17.0. The van der Waals surface area contributed by atoms with Crippen molar-refractivity contribution in [3.05, 3.63) is 59.2 Å². The molecular formula is C19H24N2O2S. The van der Waals surface area contributed by atoms with Gasteiger partial charge in [0.2, 0.25) is 0 Å². The maximum Gasteiger partial charge on any atom is 0.261 e. The van der Waals surface area contributed by atoms with Gasteiger partial charge in [-0.2, -0.15) is 0 Å². The van der Waals surface area contributed by atoms with Crippen LogP contribution in [0.25, 0.3) is 0 Å². The molecule has 0 atom stereocenters. The number of nitrogens with one attached hydrogen (secondary N) is 2. The third-order valence-electron chi connectivity index (χ3n) is 4.40. The Labute approximate surface area is 144 Å². The fourth-order valence-corrected chi connectivity index (χ4v) is 4.07. The highest BCUT2D eigenvalue weighted by Gasteiger charge is 2.17. The third kappa shape index (κ3) is 3.97. The lowest BCUT2D eigenvalue weighted by Crippen LogP contribution is -2.24. The molecule has 0 saturated heterocycles. The van der Waals surface area contributed by atoms with Crippen LogP contribution in [0.15, 0.2) is 47.4 Å². The van der Waals surface area contributed by atoms with Crippen molar-refractivity contribution in [1.29, 1.82) is 0 Å². The molecule has 0 saturated carbocycles. The molecule has 0 amide bonds. The van der Waals surface area contributed by atoms with Gasteiger partial charge in [-0.15, -0.1) is 0 Å². The molecule has 1 aliphatic rings. The van der Waals surface area contributed by atoms with Crippen LogP contribution < -0.4 is 10.0 Å². The minimum atomic E-state index is -3.55. The summed E-state index contributed by atoms with van der Waals surface area (Å²) in [4.78, 5) is 0.319. The summed E-state index contributed by atoms with van der Waals surface area (Å²) in [5.74, 6) is 0. The minimum Gasteiger partial charge on any atom is -0.312 e. The maximum absolute atomic E-state index is 12.6. The SMILES string of the molecule is CCCCc1ccc(NS(=O)(=O)c2ccc3c(c2)CNCC3)cc1. The summed E-state index contributed by atoms with van der Waals surface area (Å²) in [7, 11) is -3.55. The van der Waals surface area contributed by atoms with Gasteiger partial charge in [0.25, 0.3) is 10.0 Å². The van der Waals surface area contributed by atoms with Crippen molar-refractivity contribution in [2.24, 2.45) is 0 Å². The lowest BCUT2D eigenvalue weighted by Gasteiger charge is -2.18. The predicted octanol–water partition coefficient (Wildman–Crippen LogP) is 3.48. The summed E-state index contributed by atoms with van der Waals surface area (Å²) in [5, 5.41) is 3.28. The number of sulfonamides is 1. The Bertz CT molecular complexity index is 799. The second-order valence-corrected chi connectivity index (χ2v) is 7.95. The van der Waals surface area contributed by atoms with Crippen LogP contribution in [0.5, 0.6) is 0 Å². The Hall–Kier alpha value is -1.85. The van der Waals surface area contributed by atoms with Crippen LogP contribution in [0.4, 0.5) is 5.69 Å². The number of anilines is 1. The molecule has 0 aliphatic carbocycles. The average molecular weight is 344 g/mol. The number of aryl methyl sites for hydroxylation is 1. The van der Waals surface area contributed by atoms with E-state index < -0.39 is 10.0 Å². The van der Waals surface area contributed by atoms with E-state index in [1.54, 1.807) is 12.1 Å². The van der Waals surface area contributed by atoms with Crippen molar-refractivity contribution >= 4 is 15.7 Å². The molecule has 2 N–H and O–H groups in total. The van der Waals surface area contributed by atoms with Gasteiger partial charge in [0.1, 0.15) is 0 Å². The highest BCUT2D eigenvalue weighted by Crippen LogP contribution is 2.22. The van der Waals surface area contributed by atoms with E-state index in [4.69, 9.17) is 0 Å². The smallest absolute Gasteiger partial charge is 0.261 e. The summed E-state index contributed by atoms with van der Waals surface area (Å²) in [6.45, 7) is 3.84. The summed E-state index contributed by atoms with van der Waals surface area (Å²) in [5.41, 5.74) is 4.14. The molecule has 24 heavy (non-hydrogen) atoms. The number of unbranched alkanes of at least 4 members (excludes halogenated alkanes) is 1. The molecule has 1 aliphatic heterocycles. The summed E-state index contributed by atoms with van der Waals surface area (Å²) in [6.07, 6.45) is 4.28. The minimum absolute atomic E-state index is 0.319. The molecule has 5 heteroatoms. The molecular weight excluding hydrogens is 320 g/mol. The van der Waals surface area contributed by atoms with Crippen molar-refractivity contribution in [1.82, 2.24) is 5.32 Å². The molecule has 1 heterocycles. The molecule has 128 valence electrons. The monoisotopic (exact) mass is 344 g/mol. The quantitative estimate of drug-likeness (QED) is 0.843. The van der Waals surface area contributed by atoms with Crippen LogP contribution in [0.3, 0.4) is 0 Å². The van der Waals surface area contributed by atoms with Gasteiger partial charge in [0.15, 0.2) is 0 Å². The van der Waals surface area contributed by atoms with Gasteiger partial charge in [-0.25, -0.2) is 8.42 Å². The van der Waals surface area contributed by atoms with E-state index in [2.05, 4.69) is 17.0 Å². The molecule has 2 aromatic carbocycles. The van der Waals surface area contributed by atoms with Crippen molar-refractivity contribution in [3.8, 4) is 0 Å². The van der Waals surface area contributed by atoms with Gasteiger partial charge >= 0.3 is 0 Å². The van der Waals surface area contributed by atoms with Gasteiger partial charge in [0.05, 0.1) is 4.90 Å². The van der Waals surface area contributed by atoms with Crippen LogP contribution in [-0.2, 0) is 29.4 Å². The number of hydrogen-bond donors (Lipinski definition) is 2. The highest BCUT2D eigenvalue weighted by molar-refractivity contribution is 7.92. The highest BCUT2D eigenvalue weighted by atomic mass is 32.2. The Morgan fingerprint density at radius 3 is 2.62 bits per heavy atom. The number of benzene rings is 2. The predicted molar refractivity (Wildman–Crippen MR) is 97.7 cm³/mol. The Balaban J connectivity index is 1.76. The van der Waals surface area contributed by atoms with Gasteiger partial charge in [-0.05, 0) is 66.8 Å². The van der Waals surface area contributed by atoms with Gasteiger partial charge in [-0.3, -0.25) is 4.72 Å². The van der Waals surface area contributed by atoms with E-state index in [0.29, 0.717) is 10.6 Å². The van der Waals surface area contributed by atoms with E-state index in [0.717, 1.165) is 44.3 Å².